The zero-order valence-electron chi connectivity index (χ0n) is 8.68. The fourth-order valence-electron chi connectivity index (χ4n) is 1.49. The van der Waals surface area contributed by atoms with Crippen molar-refractivity contribution in [1.82, 2.24) is 9.55 Å². The number of hydrogen-bond donors (Lipinski definition) is 3. The summed E-state index contributed by atoms with van der Waals surface area (Å²) < 4.78 is 0.932. The highest BCUT2D eigenvalue weighted by molar-refractivity contribution is 5.79. The summed E-state index contributed by atoms with van der Waals surface area (Å²) in [7, 11) is 0. The van der Waals surface area contributed by atoms with Crippen LogP contribution >= 0.6 is 0 Å². The number of nitrogens with one attached hydrogen (secondary N) is 2. The van der Waals surface area contributed by atoms with Crippen molar-refractivity contribution in [3.63, 3.8) is 0 Å². The molecule has 6 heteroatoms. The number of benzene rings is 1. The van der Waals surface area contributed by atoms with Crippen LogP contribution in [0.1, 0.15) is 5.56 Å². The Hall–Kier alpha value is -2.63. The van der Waals surface area contributed by atoms with E-state index in [1.807, 2.05) is 4.98 Å². The molecule has 0 bridgehead atoms. The number of nitrogens with zero attached hydrogens (tertiary/aromatic N) is 1. The van der Waals surface area contributed by atoms with Crippen LogP contribution in [0.15, 0.2) is 39.9 Å². The number of rotatable bonds is 2. The first-order chi connectivity index (χ1) is 8.15. The average molecular weight is 231 g/mol. The van der Waals surface area contributed by atoms with Crippen molar-refractivity contribution in [3.05, 3.63) is 56.7 Å². The Morgan fingerprint density at radius 3 is 2.47 bits per heavy atom. The SMILES string of the molecule is N=Cc1c(O)n(-c2ccccc2)c(=O)[nH]c1=O. The number of hydrogen-bond acceptors (Lipinski definition) is 4. The Bertz CT molecular complexity index is 671. The Morgan fingerprint density at radius 1 is 1.24 bits per heavy atom. The summed E-state index contributed by atoms with van der Waals surface area (Å²) in [5.74, 6) is -0.542. The van der Waals surface area contributed by atoms with Gasteiger partial charge in [0.2, 0.25) is 5.88 Å². The summed E-state index contributed by atoms with van der Waals surface area (Å²) in [5, 5.41) is 16.8. The first-order valence-electron chi connectivity index (χ1n) is 4.79. The number of aromatic hydroxyl groups is 1. The van der Waals surface area contributed by atoms with Crippen molar-refractivity contribution in [3.8, 4) is 11.6 Å². The van der Waals surface area contributed by atoms with Crippen LogP contribution in [-0.2, 0) is 0 Å². The lowest BCUT2D eigenvalue weighted by molar-refractivity contribution is 0.430. The molecule has 0 atom stereocenters. The summed E-state index contributed by atoms with van der Waals surface area (Å²) in [5.41, 5.74) is -1.37. The molecule has 17 heavy (non-hydrogen) atoms. The monoisotopic (exact) mass is 231 g/mol. The second kappa shape index (κ2) is 4.09. The molecule has 0 saturated heterocycles. The molecular formula is C11H9N3O3. The zero-order chi connectivity index (χ0) is 12.4. The molecule has 86 valence electrons. The maximum absolute atomic E-state index is 11.6. The molecule has 0 aliphatic rings. The third-order valence-corrected chi connectivity index (χ3v) is 2.28. The van der Waals surface area contributed by atoms with Gasteiger partial charge in [-0.1, -0.05) is 18.2 Å². The summed E-state index contributed by atoms with van der Waals surface area (Å²) in [4.78, 5) is 24.9. The lowest BCUT2D eigenvalue weighted by Gasteiger charge is -2.08. The maximum Gasteiger partial charge on any atom is 0.335 e. The first-order valence-corrected chi connectivity index (χ1v) is 4.79. The molecule has 0 amide bonds. The quantitative estimate of drug-likeness (QED) is 0.645. The highest BCUT2D eigenvalue weighted by Crippen LogP contribution is 2.14. The minimum Gasteiger partial charge on any atom is -0.493 e. The standard InChI is InChI=1S/C11H9N3O3/c12-6-8-9(15)13-11(17)14(10(8)16)7-4-2-1-3-5-7/h1-6,12,16H,(H,13,15,17). The smallest absolute Gasteiger partial charge is 0.335 e. The van der Waals surface area contributed by atoms with Crippen LogP contribution in [0.5, 0.6) is 5.88 Å². The Labute approximate surface area is 95.3 Å². The van der Waals surface area contributed by atoms with E-state index in [4.69, 9.17) is 5.41 Å². The van der Waals surface area contributed by atoms with Gasteiger partial charge >= 0.3 is 5.69 Å². The van der Waals surface area contributed by atoms with Crippen LogP contribution in [0.3, 0.4) is 0 Å². The van der Waals surface area contributed by atoms with Gasteiger partial charge in [0.05, 0.1) is 5.69 Å². The maximum atomic E-state index is 11.6. The van der Waals surface area contributed by atoms with Gasteiger partial charge in [0.15, 0.2) is 0 Å². The van der Waals surface area contributed by atoms with Crippen LogP contribution in [0.4, 0.5) is 0 Å². The molecule has 2 aromatic rings. The molecule has 3 N–H and O–H groups in total. The molecule has 0 radical (unpaired) electrons. The minimum absolute atomic E-state index is 0.256. The third kappa shape index (κ3) is 1.76. The van der Waals surface area contributed by atoms with E-state index in [-0.39, 0.29) is 5.56 Å². The van der Waals surface area contributed by atoms with Gasteiger partial charge in [-0.2, -0.15) is 0 Å². The molecule has 0 saturated carbocycles. The molecule has 0 fully saturated rings. The third-order valence-electron chi connectivity index (χ3n) is 2.28. The molecule has 0 aliphatic heterocycles. The van der Waals surface area contributed by atoms with E-state index in [0.717, 1.165) is 4.57 Å². The number of aromatic amines is 1. The molecule has 1 heterocycles. The largest absolute Gasteiger partial charge is 0.493 e. The Balaban J connectivity index is 2.84. The van der Waals surface area contributed by atoms with E-state index >= 15 is 0 Å². The molecule has 0 unspecified atom stereocenters. The summed E-state index contributed by atoms with van der Waals surface area (Å²) in [6.07, 6.45) is 0.701. The van der Waals surface area contributed by atoms with Gasteiger partial charge in [0.1, 0.15) is 5.56 Å². The summed E-state index contributed by atoms with van der Waals surface area (Å²) in [6, 6.07) is 8.35. The van der Waals surface area contributed by atoms with Gasteiger partial charge < -0.3 is 10.5 Å². The predicted molar refractivity (Wildman–Crippen MR) is 62.2 cm³/mol. The Kier molecular flexibility index (Phi) is 2.61. The van der Waals surface area contributed by atoms with Crippen LogP contribution in [-0.4, -0.2) is 20.9 Å². The predicted octanol–water partition coefficient (Wildman–Crippen LogP) is 0.229. The highest BCUT2D eigenvalue weighted by Gasteiger charge is 2.12. The zero-order valence-corrected chi connectivity index (χ0v) is 8.68. The molecule has 1 aromatic carbocycles. The summed E-state index contributed by atoms with van der Waals surface area (Å²) in [6.45, 7) is 0. The van der Waals surface area contributed by atoms with E-state index in [2.05, 4.69) is 0 Å². The van der Waals surface area contributed by atoms with Crippen molar-refractivity contribution in [2.24, 2.45) is 0 Å². The van der Waals surface area contributed by atoms with Gasteiger partial charge in [-0.15, -0.1) is 0 Å². The van der Waals surface area contributed by atoms with Crippen molar-refractivity contribution < 1.29 is 5.11 Å². The topological polar surface area (TPSA) is 98.9 Å². The highest BCUT2D eigenvalue weighted by atomic mass is 16.3. The van der Waals surface area contributed by atoms with Gasteiger partial charge in [-0.05, 0) is 12.1 Å². The van der Waals surface area contributed by atoms with E-state index in [0.29, 0.717) is 11.9 Å². The number of H-pyrrole nitrogens is 1. The average Bonchev–Trinajstić information content (AvgIpc) is 2.30. The molecule has 0 spiro atoms. The van der Waals surface area contributed by atoms with Crippen LogP contribution in [0, 0.1) is 5.41 Å². The number of aromatic nitrogens is 2. The lowest BCUT2D eigenvalue weighted by atomic mass is 10.3. The van der Waals surface area contributed by atoms with Crippen molar-refractivity contribution in [2.45, 2.75) is 0 Å². The fourth-order valence-corrected chi connectivity index (χ4v) is 1.49. The van der Waals surface area contributed by atoms with Gasteiger partial charge in [0.25, 0.3) is 5.56 Å². The molecule has 2 rings (SSSR count). The lowest BCUT2D eigenvalue weighted by Crippen LogP contribution is -2.31. The van der Waals surface area contributed by atoms with E-state index in [1.165, 1.54) is 0 Å². The minimum atomic E-state index is -0.783. The number of para-hydroxylation sites is 1. The first kappa shape index (κ1) is 10.9. The normalized spacial score (nSPS) is 10.1. The second-order valence-corrected chi connectivity index (χ2v) is 3.31. The van der Waals surface area contributed by atoms with E-state index in [1.54, 1.807) is 30.3 Å². The molecule has 0 aliphatic carbocycles. The van der Waals surface area contributed by atoms with Crippen molar-refractivity contribution >= 4 is 6.21 Å². The van der Waals surface area contributed by atoms with Crippen LogP contribution < -0.4 is 11.2 Å². The van der Waals surface area contributed by atoms with Crippen molar-refractivity contribution in [1.29, 1.82) is 5.41 Å². The second-order valence-electron chi connectivity index (χ2n) is 3.31. The van der Waals surface area contributed by atoms with Crippen LogP contribution in [0.25, 0.3) is 5.69 Å². The van der Waals surface area contributed by atoms with E-state index in [9.17, 15) is 14.7 Å². The molecular weight excluding hydrogens is 222 g/mol. The Morgan fingerprint density at radius 2 is 1.88 bits per heavy atom. The summed E-state index contributed by atoms with van der Waals surface area (Å²) >= 11 is 0. The van der Waals surface area contributed by atoms with Gasteiger partial charge in [-0.25, -0.2) is 9.36 Å². The van der Waals surface area contributed by atoms with Gasteiger partial charge in [-0.3, -0.25) is 9.78 Å². The fraction of sp³-hybridized carbons (Fsp3) is 0. The van der Waals surface area contributed by atoms with Crippen molar-refractivity contribution in [2.75, 3.05) is 0 Å². The molecule has 6 nitrogen and oxygen atoms in total. The molecule has 1 aromatic heterocycles. The van der Waals surface area contributed by atoms with Gasteiger partial charge in [0, 0.05) is 6.21 Å². The van der Waals surface area contributed by atoms with Crippen LogP contribution in [0.2, 0.25) is 0 Å². The van der Waals surface area contributed by atoms with E-state index < -0.39 is 17.1 Å².